The number of nitrogens with one attached hydrogen (secondary N) is 1. The minimum Gasteiger partial charge on any atom is -0.457 e. The first kappa shape index (κ1) is 17.0. The van der Waals surface area contributed by atoms with Crippen LogP contribution in [0.4, 0.5) is 11.5 Å². The van der Waals surface area contributed by atoms with Gasteiger partial charge in [-0.1, -0.05) is 5.21 Å². The van der Waals surface area contributed by atoms with E-state index in [-0.39, 0.29) is 0 Å². The van der Waals surface area contributed by atoms with Gasteiger partial charge in [-0.25, -0.2) is 24.6 Å². The highest BCUT2D eigenvalue weighted by Crippen LogP contribution is 2.30. The second-order valence-electron chi connectivity index (χ2n) is 6.55. The van der Waals surface area contributed by atoms with E-state index in [9.17, 15) is 0 Å². The Bertz CT molecular complexity index is 1340. The molecule has 5 aromatic rings. The zero-order valence-corrected chi connectivity index (χ0v) is 15.7. The Hall–Kier alpha value is -4.14. The van der Waals surface area contributed by atoms with Crippen LogP contribution in [0.25, 0.3) is 22.1 Å². The Morgan fingerprint density at radius 1 is 0.966 bits per heavy atom. The second-order valence-corrected chi connectivity index (χ2v) is 6.55. The summed E-state index contributed by atoms with van der Waals surface area (Å²) in [5, 5.41) is 11.4. The largest absolute Gasteiger partial charge is 0.457 e. The Kier molecular flexibility index (Phi) is 3.98. The zero-order valence-electron chi connectivity index (χ0n) is 15.7. The minimum absolute atomic E-state index is 0.624. The molecule has 5 rings (SSSR count). The van der Waals surface area contributed by atoms with Crippen LogP contribution < -0.4 is 10.1 Å². The SMILES string of the molecule is Cc1cc(Nc2ncnc3cncnc23)ccc1Oc1ccc2c(c1)nnn2C. The molecular formula is C20H16N8O. The van der Waals surface area contributed by atoms with Gasteiger partial charge in [0.05, 0.1) is 11.7 Å². The van der Waals surface area contributed by atoms with Crippen molar-refractivity contribution < 1.29 is 4.74 Å². The van der Waals surface area contributed by atoms with Crippen LogP contribution in [0.1, 0.15) is 5.56 Å². The quantitative estimate of drug-likeness (QED) is 0.502. The Balaban J connectivity index is 1.40. The number of ether oxygens (including phenoxy) is 1. The maximum atomic E-state index is 6.05. The van der Waals surface area contributed by atoms with E-state index in [2.05, 4.69) is 35.6 Å². The number of hydrogen-bond donors (Lipinski definition) is 1. The molecule has 0 spiro atoms. The van der Waals surface area contributed by atoms with Crippen LogP contribution in [0.5, 0.6) is 11.5 Å². The number of hydrogen-bond acceptors (Lipinski definition) is 8. The molecule has 0 amide bonds. The van der Waals surface area contributed by atoms with Gasteiger partial charge in [-0.3, -0.25) is 0 Å². The third kappa shape index (κ3) is 3.18. The molecule has 9 heteroatoms. The van der Waals surface area contributed by atoms with Crippen LogP contribution in [0, 0.1) is 6.92 Å². The molecule has 0 aliphatic rings. The molecule has 0 unspecified atom stereocenters. The number of rotatable bonds is 4. The van der Waals surface area contributed by atoms with Gasteiger partial charge in [-0.15, -0.1) is 5.10 Å². The predicted molar refractivity (Wildman–Crippen MR) is 108 cm³/mol. The van der Waals surface area contributed by atoms with E-state index in [1.807, 2.05) is 50.4 Å². The average Bonchev–Trinajstić information content (AvgIpc) is 3.10. The van der Waals surface area contributed by atoms with E-state index in [1.165, 1.54) is 12.7 Å². The van der Waals surface area contributed by atoms with Crippen LogP contribution in [0.2, 0.25) is 0 Å². The highest BCUT2D eigenvalue weighted by Gasteiger charge is 2.09. The lowest BCUT2D eigenvalue weighted by atomic mass is 10.2. The van der Waals surface area contributed by atoms with Crippen LogP contribution in [0.3, 0.4) is 0 Å². The summed E-state index contributed by atoms with van der Waals surface area (Å²) in [6.07, 6.45) is 4.62. The van der Waals surface area contributed by atoms with Crippen molar-refractivity contribution in [2.45, 2.75) is 6.92 Å². The van der Waals surface area contributed by atoms with Crippen molar-refractivity contribution in [2.24, 2.45) is 7.05 Å². The highest BCUT2D eigenvalue weighted by atomic mass is 16.5. The third-order valence-corrected chi connectivity index (χ3v) is 4.55. The molecule has 0 aliphatic carbocycles. The van der Waals surface area contributed by atoms with Gasteiger partial charge in [0.25, 0.3) is 0 Å². The van der Waals surface area contributed by atoms with E-state index in [0.29, 0.717) is 22.6 Å². The Labute approximate surface area is 165 Å². The molecule has 0 saturated heterocycles. The molecule has 1 N–H and O–H groups in total. The van der Waals surface area contributed by atoms with Gasteiger partial charge in [0.15, 0.2) is 5.82 Å². The third-order valence-electron chi connectivity index (χ3n) is 4.55. The number of benzene rings is 2. The number of nitrogens with zero attached hydrogens (tertiary/aromatic N) is 7. The number of fused-ring (bicyclic) bond motifs is 2. The van der Waals surface area contributed by atoms with Crippen molar-refractivity contribution in [3.8, 4) is 11.5 Å². The van der Waals surface area contributed by atoms with Crippen molar-refractivity contribution in [2.75, 3.05) is 5.32 Å². The number of anilines is 2. The monoisotopic (exact) mass is 384 g/mol. The molecule has 9 nitrogen and oxygen atoms in total. The topological polar surface area (TPSA) is 104 Å². The maximum Gasteiger partial charge on any atom is 0.160 e. The molecule has 3 heterocycles. The van der Waals surface area contributed by atoms with Crippen molar-refractivity contribution >= 4 is 33.6 Å². The summed E-state index contributed by atoms with van der Waals surface area (Å²) in [5.74, 6) is 2.09. The van der Waals surface area contributed by atoms with Crippen molar-refractivity contribution in [3.63, 3.8) is 0 Å². The lowest BCUT2D eigenvalue weighted by molar-refractivity contribution is 0.479. The van der Waals surface area contributed by atoms with Crippen LogP contribution in [-0.2, 0) is 7.05 Å². The first-order valence-corrected chi connectivity index (χ1v) is 8.93. The highest BCUT2D eigenvalue weighted by molar-refractivity contribution is 5.86. The first-order valence-electron chi connectivity index (χ1n) is 8.93. The second kappa shape index (κ2) is 6.79. The van der Waals surface area contributed by atoms with E-state index >= 15 is 0 Å². The molecule has 0 bridgehead atoms. The summed E-state index contributed by atoms with van der Waals surface area (Å²) in [6.45, 7) is 1.99. The molecule has 0 radical (unpaired) electrons. The normalized spacial score (nSPS) is 11.1. The number of aryl methyl sites for hydroxylation is 2. The first-order chi connectivity index (χ1) is 14.2. The van der Waals surface area contributed by atoms with E-state index in [1.54, 1.807) is 10.9 Å². The van der Waals surface area contributed by atoms with Crippen molar-refractivity contribution in [1.82, 2.24) is 34.9 Å². The average molecular weight is 384 g/mol. The van der Waals surface area contributed by atoms with E-state index in [0.717, 1.165) is 28.0 Å². The van der Waals surface area contributed by atoms with Crippen LogP contribution >= 0.6 is 0 Å². The van der Waals surface area contributed by atoms with Gasteiger partial charge in [0, 0.05) is 18.8 Å². The molecule has 0 atom stereocenters. The zero-order chi connectivity index (χ0) is 19.8. The summed E-state index contributed by atoms with van der Waals surface area (Å²) in [7, 11) is 1.86. The Morgan fingerprint density at radius 2 is 1.90 bits per heavy atom. The maximum absolute atomic E-state index is 6.05. The summed E-state index contributed by atoms with van der Waals surface area (Å²) >= 11 is 0. The van der Waals surface area contributed by atoms with Gasteiger partial charge in [0.1, 0.15) is 40.7 Å². The lowest BCUT2D eigenvalue weighted by Gasteiger charge is -2.12. The van der Waals surface area contributed by atoms with Gasteiger partial charge in [0.2, 0.25) is 0 Å². The Morgan fingerprint density at radius 3 is 2.79 bits per heavy atom. The molecule has 0 aliphatic heterocycles. The predicted octanol–water partition coefficient (Wildman–Crippen LogP) is 3.55. The summed E-state index contributed by atoms with van der Waals surface area (Å²) in [5.41, 5.74) is 4.94. The smallest absolute Gasteiger partial charge is 0.160 e. The van der Waals surface area contributed by atoms with Gasteiger partial charge >= 0.3 is 0 Å². The van der Waals surface area contributed by atoms with E-state index in [4.69, 9.17) is 4.74 Å². The lowest BCUT2D eigenvalue weighted by Crippen LogP contribution is -1.98. The van der Waals surface area contributed by atoms with Crippen LogP contribution in [0.15, 0.2) is 55.2 Å². The molecule has 142 valence electrons. The summed E-state index contributed by atoms with van der Waals surface area (Å²) in [4.78, 5) is 16.7. The fourth-order valence-corrected chi connectivity index (χ4v) is 3.09. The van der Waals surface area contributed by atoms with E-state index < -0.39 is 0 Å². The standard InChI is InChI=1S/C20H16N8O/c1-12-7-13(25-20-19-16(22-11-24-20)9-21-10-23-19)3-6-18(12)29-14-4-5-17-15(8-14)26-27-28(17)2/h3-11H,1-2H3,(H,22,24,25). The van der Waals surface area contributed by atoms with Crippen molar-refractivity contribution in [1.29, 1.82) is 0 Å². The van der Waals surface area contributed by atoms with Gasteiger partial charge in [-0.05, 0) is 42.8 Å². The van der Waals surface area contributed by atoms with Crippen molar-refractivity contribution in [3.05, 3.63) is 60.8 Å². The molecule has 0 saturated carbocycles. The molecule has 0 fully saturated rings. The molecular weight excluding hydrogens is 368 g/mol. The van der Waals surface area contributed by atoms with Gasteiger partial charge < -0.3 is 10.1 Å². The molecule has 29 heavy (non-hydrogen) atoms. The van der Waals surface area contributed by atoms with Gasteiger partial charge in [-0.2, -0.15) is 0 Å². The summed E-state index contributed by atoms with van der Waals surface area (Å²) in [6, 6.07) is 11.6. The number of aromatic nitrogens is 7. The molecule has 2 aromatic carbocycles. The minimum atomic E-state index is 0.624. The van der Waals surface area contributed by atoms with Crippen LogP contribution in [-0.4, -0.2) is 34.9 Å². The summed E-state index contributed by atoms with van der Waals surface area (Å²) < 4.78 is 7.78. The molecule has 3 aromatic heterocycles. The fourth-order valence-electron chi connectivity index (χ4n) is 3.09. The fraction of sp³-hybridized carbons (Fsp3) is 0.100.